The Morgan fingerprint density at radius 3 is 2.72 bits per heavy atom. The first-order valence-corrected chi connectivity index (χ1v) is 9.04. The molecule has 3 rings (SSSR count). The Hall–Kier alpha value is -2.87. The van der Waals surface area contributed by atoms with Gasteiger partial charge in [0.15, 0.2) is 5.75 Å². The lowest BCUT2D eigenvalue weighted by Gasteiger charge is -2.12. The highest BCUT2D eigenvalue weighted by Crippen LogP contribution is 2.31. The third kappa shape index (κ3) is 3.97. The van der Waals surface area contributed by atoms with E-state index in [1.165, 1.54) is 35.3 Å². The Bertz CT molecular complexity index is 986. The molecule has 1 aromatic heterocycles. The monoisotopic (exact) mass is 361 g/mol. The number of para-hydroxylation sites is 2. The fourth-order valence-corrected chi connectivity index (χ4v) is 3.18. The minimum absolute atomic E-state index is 0.0508. The highest BCUT2D eigenvalue weighted by atomic mass is 32.2. The highest BCUT2D eigenvalue weighted by Gasteiger charge is 2.18. The van der Waals surface area contributed by atoms with Crippen LogP contribution in [0.25, 0.3) is 0 Å². The normalized spacial score (nSPS) is 11.3. The van der Waals surface area contributed by atoms with Crippen molar-refractivity contribution >= 4 is 15.7 Å². The van der Waals surface area contributed by atoms with Crippen LogP contribution in [0.3, 0.4) is 0 Å². The van der Waals surface area contributed by atoms with Crippen LogP contribution < -0.4 is 9.46 Å². The van der Waals surface area contributed by atoms with Crippen LogP contribution in [0.1, 0.15) is 6.92 Å². The molecule has 0 atom stereocenters. The maximum atomic E-state index is 13.3. The number of rotatable bonds is 6. The van der Waals surface area contributed by atoms with Gasteiger partial charge in [-0.1, -0.05) is 18.2 Å². The topological polar surface area (TPSA) is 73.2 Å². The first-order chi connectivity index (χ1) is 12.0. The van der Waals surface area contributed by atoms with Gasteiger partial charge in [-0.3, -0.25) is 9.40 Å². The smallest absolute Gasteiger partial charge is 0.265 e. The van der Waals surface area contributed by atoms with Crippen molar-refractivity contribution in [2.75, 3.05) is 4.72 Å². The molecular weight excluding hydrogens is 345 g/mol. The van der Waals surface area contributed by atoms with Gasteiger partial charge in [0.05, 0.1) is 11.9 Å². The molecule has 0 radical (unpaired) electrons. The van der Waals surface area contributed by atoms with Gasteiger partial charge in [0, 0.05) is 18.8 Å². The third-order valence-corrected chi connectivity index (χ3v) is 4.72. The van der Waals surface area contributed by atoms with Crippen molar-refractivity contribution in [3.8, 4) is 11.5 Å². The van der Waals surface area contributed by atoms with Gasteiger partial charge < -0.3 is 4.74 Å². The van der Waals surface area contributed by atoms with Crippen molar-refractivity contribution < 1.29 is 17.5 Å². The zero-order valence-electron chi connectivity index (χ0n) is 13.4. The molecule has 0 spiro atoms. The van der Waals surface area contributed by atoms with E-state index in [9.17, 15) is 12.8 Å². The van der Waals surface area contributed by atoms with E-state index in [0.717, 1.165) is 0 Å². The Labute approximate surface area is 144 Å². The van der Waals surface area contributed by atoms with Gasteiger partial charge >= 0.3 is 0 Å². The summed E-state index contributed by atoms with van der Waals surface area (Å²) in [7, 11) is -3.81. The van der Waals surface area contributed by atoms with Crippen molar-refractivity contribution in [2.24, 2.45) is 0 Å². The highest BCUT2D eigenvalue weighted by molar-refractivity contribution is 7.92. The van der Waals surface area contributed by atoms with Gasteiger partial charge in [-0.2, -0.15) is 5.10 Å². The van der Waals surface area contributed by atoms with Gasteiger partial charge in [0.2, 0.25) is 0 Å². The molecule has 130 valence electrons. The molecule has 0 amide bonds. The predicted octanol–water partition coefficient (Wildman–Crippen LogP) is 3.64. The largest absolute Gasteiger partial charge is 0.455 e. The Kier molecular flexibility index (Phi) is 4.71. The van der Waals surface area contributed by atoms with Crippen molar-refractivity contribution in [1.29, 1.82) is 0 Å². The number of anilines is 1. The van der Waals surface area contributed by atoms with Crippen molar-refractivity contribution in [3.05, 3.63) is 66.7 Å². The average molecular weight is 361 g/mol. The molecule has 0 aliphatic carbocycles. The Balaban J connectivity index is 1.88. The van der Waals surface area contributed by atoms with E-state index < -0.39 is 15.8 Å². The fourth-order valence-electron chi connectivity index (χ4n) is 2.16. The Morgan fingerprint density at radius 1 is 1.20 bits per heavy atom. The van der Waals surface area contributed by atoms with E-state index in [-0.39, 0.29) is 22.1 Å². The van der Waals surface area contributed by atoms with Crippen molar-refractivity contribution in [3.63, 3.8) is 0 Å². The molecule has 1 heterocycles. The molecule has 25 heavy (non-hydrogen) atoms. The van der Waals surface area contributed by atoms with Gasteiger partial charge in [-0.25, -0.2) is 12.8 Å². The van der Waals surface area contributed by atoms with Crippen LogP contribution in [0, 0.1) is 5.82 Å². The maximum absolute atomic E-state index is 13.3. The standard InChI is InChI=1S/C17H16FN3O3S/c1-2-21-12-15(11-19-21)25(22,23)20-16-8-3-4-9-17(16)24-14-7-5-6-13(18)10-14/h3-12,20H,2H2,1H3. The van der Waals surface area contributed by atoms with Crippen LogP contribution in [0.2, 0.25) is 0 Å². The van der Waals surface area contributed by atoms with Gasteiger partial charge in [0.25, 0.3) is 10.0 Å². The number of benzene rings is 2. The summed E-state index contributed by atoms with van der Waals surface area (Å²) in [5.74, 6) is 0.0903. The molecule has 2 aromatic carbocycles. The van der Waals surface area contributed by atoms with Crippen LogP contribution >= 0.6 is 0 Å². The molecule has 8 heteroatoms. The maximum Gasteiger partial charge on any atom is 0.265 e. The molecule has 1 N–H and O–H groups in total. The second-order valence-electron chi connectivity index (χ2n) is 5.19. The predicted molar refractivity (Wildman–Crippen MR) is 91.6 cm³/mol. The molecule has 0 aliphatic rings. The molecular formula is C17H16FN3O3S. The first-order valence-electron chi connectivity index (χ1n) is 7.55. The molecule has 0 bridgehead atoms. The lowest BCUT2D eigenvalue weighted by Crippen LogP contribution is -2.13. The summed E-state index contributed by atoms with van der Waals surface area (Å²) in [6.45, 7) is 2.42. The summed E-state index contributed by atoms with van der Waals surface area (Å²) >= 11 is 0. The summed E-state index contributed by atoms with van der Waals surface area (Å²) in [4.78, 5) is 0.0508. The zero-order chi connectivity index (χ0) is 17.9. The van der Waals surface area contributed by atoms with E-state index >= 15 is 0 Å². The number of ether oxygens (including phenoxy) is 1. The molecule has 0 unspecified atom stereocenters. The van der Waals surface area contributed by atoms with Gasteiger partial charge in [-0.05, 0) is 31.2 Å². The average Bonchev–Trinajstić information content (AvgIpc) is 3.07. The third-order valence-electron chi connectivity index (χ3n) is 3.40. The minimum atomic E-state index is -3.81. The first kappa shape index (κ1) is 17.0. The van der Waals surface area contributed by atoms with E-state index in [1.807, 2.05) is 6.92 Å². The van der Waals surface area contributed by atoms with Gasteiger partial charge in [-0.15, -0.1) is 0 Å². The molecule has 0 saturated carbocycles. The lowest BCUT2D eigenvalue weighted by atomic mass is 10.3. The van der Waals surface area contributed by atoms with Crippen LogP contribution in [0.15, 0.2) is 65.8 Å². The second-order valence-corrected chi connectivity index (χ2v) is 6.88. The van der Waals surface area contributed by atoms with E-state index in [2.05, 4.69) is 9.82 Å². The number of aryl methyl sites for hydroxylation is 1. The number of aromatic nitrogens is 2. The summed E-state index contributed by atoms with van der Waals surface area (Å²) in [5, 5.41) is 3.97. The molecule has 0 fully saturated rings. The van der Waals surface area contributed by atoms with E-state index in [0.29, 0.717) is 6.54 Å². The number of nitrogens with zero attached hydrogens (tertiary/aromatic N) is 2. The number of nitrogens with one attached hydrogen (secondary N) is 1. The fraction of sp³-hybridized carbons (Fsp3) is 0.118. The Morgan fingerprint density at radius 2 is 2.00 bits per heavy atom. The molecule has 0 aliphatic heterocycles. The summed E-state index contributed by atoms with van der Waals surface area (Å²) < 4.78 is 47.9. The second kappa shape index (κ2) is 6.94. The van der Waals surface area contributed by atoms with Crippen LogP contribution in [-0.2, 0) is 16.6 Å². The van der Waals surface area contributed by atoms with Crippen molar-refractivity contribution in [1.82, 2.24) is 9.78 Å². The van der Waals surface area contributed by atoms with Crippen LogP contribution in [-0.4, -0.2) is 18.2 Å². The van der Waals surface area contributed by atoms with Crippen molar-refractivity contribution in [2.45, 2.75) is 18.4 Å². The SMILES string of the molecule is CCn1cc(S(=O)(=O)Nc2ccccc2Oc2cccc(F)c2)cn1. The number of hydrogen-bond donors (Lipinski definition) is 1. The number of hydrogen-bond acceptors (Lipinski definition) is 4. The van der Waals surface area contributed by atoms with E-state index in [4.69, 9.17) is 4.74 Å². The zero-order valence-corrected chi connectivity index (χ0v) is 14.2. The summed E-state index contributed by atoms with van der Waals surface area (Å²) in [6, 6.07) is 12.1. The summed E-state index contributed by atoms with van der Waals surface area (Å²) in [5.41, 5.74) is 0.246. The lowest BCUT2D eigenvalue weighted by molar-refractivity contribution is 0.479. The minimum Gasteiger partial charge on any atom is -0.455 e. The molecule has 6 nitrogen and oxygen atoms in total. The molecule has 3 aromatic rings. The van der Waals surface area contributed by atoms with Crippen LogP contribution in [0.4, 0.5) is 10.1 Å². The quantitative estimate of drug-likeness (QED) is 0.727. The molecule has 0 saturated heterocycles. The van der Waals surface area contributed by atoms with E-state index in [1.54, 1.807) is 30.3 Å². The number of sulfonamides is 1. The summed E-state index contributed by atoms with van der Waals surface area (Å²) in [6.07, 6.45) is 2.72. The van der Waals surface area contributed by atoms with Gasteiger partial charge in [0.1, 0.15) is 16.5 Å². The van der Waals surface area contributed by atoms with Crippen LogP contribution in [0.5, 0.6) is 11.5 Å². The number of halogens is 1.